The normalized spacial score (nSPS) is 10.5. The third kappa shape index (κ3) is 7.01. The average molecular weight is 409 g/mol. The second kappa shape index (κ2) is 11.3. The van der Waals surface area contributed by atoms with Gasteiger partial charge in [-0.3, -0.25) is 9.59 Å². The molecule has 0 fully saturated rings. The molecule has 7 heteroatoms. The van der Waals surface area contributed by atoms with Gasteiger partial charge in [0.15, 0.2) is 12.4 Å². The molecule has 0 atom stereocenters. The van der Waals surface area contributed by atoms with Crippen molar-refractivity contribution >= 4 is 35.4 Å². The van der Waals surface area contributed by atoms with Gasteiger partial charge in [-0.1, -0.05) is 19.1 Å². The minimum absolute atomic E-state index is 0.0859. The van der Waals surface area contributed by atoms with E-state index in [0.717, 1.165) is 6.42 Å². The molecule has 30 heavy (non-hydrogen) atoms. The molecule has 0 aromatic heterocycles. The van der Waals surface area contributed by atoms with Crippen LogP contribution in [-0.2, 0) is 19.1 Å². The molecular formula is C23H23NO6. The topological polar surface area (TPSA) is 98.8 Å². The van der Waals surface area contributed by atoms with Crippen molar-refractivity contribution in [2.24, 2.45) is 0 Å². The van der Waals surface area contributed by atoms with Crippen LogP contribution in [-0.4, -0.2) is 37.3 Å². The number of anilines is 1. The van der Waals surface area contributed by atoms with Crippen molar-refractivity contribution in [1.82, 2.24) is 0 Å². The fraction of sp³-hybridized carbons (Fsp3) is 0.217. The summed E-state index contributed by atoms with van der Waals surface area (Å²) in [7, 11) is 1.30. The Morgan fingerprint density at radius 2 is 1.57 bits per heavy atom. The second-order valence-corrected chi connectivity index (χ2v) is 6.35. The van der Waals surface area contributed by atoms with E-state index in [2.05, 4.69) is 10.1 Å². The molecule has 0 aliphatic carbocycles. The zero-order valence-electron chi connectivity index (χ0n) is 16.8. The van der Waals surface area contributed by atoms with Gasteiger partial charge in [0.25, 0.3) is 0 Å². The van der Waals surface area contributed by atoms with E-state index in [0.29, 0.717) is 28.8 Å². The van der Waals surface area contributed by atoms with Gasteiger partial charge in [0, 0.05) is 23.7 Å². The molecule has 2 rings (SSSR count). The lowest BCUT2D eigenvalue weighted by Crippen LogP contribution is -2.13. The summed E-state index contributed by atoms with van der Waals surface area (Å²) in [5, 5.41) is 2.73. The Balaban J connectivity index is 1.83. The number of ether oxygens (including phenoxy) is 2. The van der Waals surface area contributed by atoms with E-state index in [1.165, 1.54) is 19.3 Å². The van der Waals surface area contributed by atoms with Crippen LogP contribution in [0.3, 0.4) is 0 Å². The van der Waals surface area contributed by atoms with Crippen LogP contribution >= 0.6 is 0 Å². The van der Waals surface area contributed by atoms with Gasteiger partial charge in [0.1, 0.15) is 0 Å². The molecule has 1 amide bonds. The Hall–Kier alpha value is -3.74. The van der Waals surface area contributed by atoms with Crippen LogP contribution in [0.4, 0.5) is 5.69 Å². The van der Waals surface area contributed by atoms with Gasteiger partial charge in [0.2, 0.25) is 5.91 Å². The molecule has 0 unspecified atom stereocenters. The number of benzene rings is 2. The average Bonchev–Trinajstić information content (AvgIpc) is 2.76. The first-order chi connectivity index (χ1) is 14.4. The number of carbonyl (C=O) groups is 4. The molecule has 156 valence electrons. The highest BCUT2D eigenvalue weighted by atomic mass is 16.5. The summed E-state index contributed by atoms with van der Waals surface area (Å²) in [5.74, 6) is -1.55. The van der Waals surface area contributed by atoms with Crippen LogP contribution in [0.15, 0.2) is 54.6 Å². The lowest BCUT2D eigenvalue weighted by Gasteiger charge is -2.06. The smallest absolute Gasteiger partial charge is 0.337 e. The minimum atomic E-state index is -0.663. The molecule has 0 spiro atoms. The highest BCUT2D eigenvalue weighted by Gasteiger charge is 2.09. The first-order valence-corrected chi connectivity index (χ1v) is 9.39. The number of nitrogens with one attached hydrogen (secondary N) is 1. The standard InChI is InChI=1S/C23H23NO6/c1-3-4-21(26)24-19-12-10-17(11-13-19)20(25)15-30-22(27)14-7-16-5-8-18(9-6-16)23(28)29-2/h5-14H,3-4,15H2,1-2H3,(H,24,26)/b14-7+. The lowest BCUT2D eigenvalue weighted by molar-refractivity contribution is -0.136. The summed E-state index contributed by atoms with van der Waals surface area (Å²) in [6.45, 7) is 1.52. The van der Waals surface area contributed by atoms with Gasteiger partial charge in [-0.15, -0.1) is 0 Å². The first kappa shape index (κ1) is 22.5. The van der Waals surface area contributed by atoms with Crippen LogP contribution in [0.2, 0.25) is 0 Å². The Labute approximate surface area is 174 Å². The van der Waals surface area contributed by atoms with Crippen molar-refractivity contribution in [3.8, 4) is 0 Å². The zero-order valence-corrected chi connectivity index (χ0v) is 16.8. The number of methoxy groups -OCH3 is 1. The third-order valence-electron chi connectivity index (χ3n) is 4.06. The van der Waals surface area contributed by atoms with Crippen LogP contribution < -0.4 is 5.32 Å². The highest BCUT2D eigenvalue weighted by Crippen LogP contribution is 2.11. The summed E-state index contributed by atoms with van der Waals surface area (Å²) in [4.78, 5) is 46.9. The number of rotatable bonds is 9. The largest absolute Gasteiger partial charge is 0.465 e. The van der Waals surface area contributed by atoms with Crippen LogP contribution in [0.25, 0.3) is 6.08 Å². The van der Waals surface area contributed by atoms with Crippen LogP contribution in [0.1, 0.15) is 46.0 Å². The van der Waals surface area contributed by atoms with Crippen molar-refractivity contribution in [2.45, 2.75) is 19.8 Å². The molecule has 7 nitrogen and oxygen atoms in total. The predicted molar refractivity (Wildman–Crippen MR) is 112 cm³/mol. The number of amides is 1. The molecule has 0 bridgehead atoms. The van der Waals surface area contributed by atoms with Crippen molar-refractivity contribution in [3.63, 3.8) is 0 Å². The van der Waals surface area contributed by atoms with E-state index in [1.54, 1.807) is 48.5 Å². The van der Waals surface area contributed by atoms with Crippen molar-refractivity contribution in [3.05, 3.63) is 71.3 Å². The maximum absolute atomic E-state index is 12.2. The number of ketones is 1. The molecule has 0 saturated heterocycles. The fourth-order valence-electron chi connectivity index (χ4n) is 2.47. The summed E-state index contributed by atoms with van der Waals surface area (Å²) in [5.41, 5.74) is 2.06. The Morgan fingerprint density at radius 3 is 2.17 bits per heavy atom. The Kier molecular flexibility index (Phi) is 8.50. The first-order valence-electron chi connectivity index (χ1n) is 9.39. The van der Waals surface area contributed by atoms with Gasteiger partial charge in [-0.25, -0.2) is 9.59 Å². The zero-order chi connectivity index (χ0) is 21.9. The Bertz CT molecular complexity index is 929. The van der Waals surface area contributed by atoms with Crippen LogP contribution in [0.5, 0.6) is 0 Å². The van der Waals surface area contributed by atoms with E-state index in [9.17, 15) is 19.2 Å². The minimum Gasteiger partial charge on any atom is -0.465 e. The third-order valence-corrected chi connectivity index (χ3v) is 4.06. The summed E-state index contributed by atoms with van der Waals surface area (Å²) in [6, 6.07) is 12.8. The summed E-state index contributed by atoms with van der Waals surface area (Å²) in [6.07, 6.45) is 3.90. The Morgan fingerprint density at radius 1 is 0.933 bits per heavy atom. The number of hydrogen-bond donors (Lipinski definition) is 1. The molecular weight excluding hydrogens is 386 g/mol. The highest BCUT2D eigenvalue weighted by molar-refractivity contribution is 5.99. The van der Waals surface area contributed by atoms with Crippen molar-refractivity contribution < 1.29 is 28.7 Å². The van der Waals surface area contributed by atoms with Gasteiger partial charge < -0.3 is 14.8 Å². The molecule has 2 aromatic rings. The van der Waals surface area contributed by atoms with E-state index in [4.69, 9.17) is 4.74 Å². The summed E-state index contributed by atoms with van der Waals surface area (Å²) < 4.78 is 9.58. The maximum Gasteiger partial charge on any atom is 0.337 e. The van der Waals surface area contributed by atoms with Crippen molar-refractivity contribution in [2.75, 3.05) is 19.0 Å². The fourth-order valence-corrected chi connectivity index (χ4v) is 2.47. The van der Waals surface area contributed by atoms with Gasteiger partial charge in [-0.2, -0.15) is 0 Å². The van der Waals surface area contributed by atoms with Gasteiger partial charge in [-0.05, 0) is 54.5 Å². The monoisotopic (exact) mass is 409 g/mol. The number of Topliss-reactive ketones (excluding diaryl/α,β-unsaturated/α-hetero) is 1. The van der Waals surface area contributed by atoms with E-state index in [-0.39, 0.29) is 11.7 Å². The molecule has 2 aromatic carbocycles. The molecule has 0 heterocycles. The predicted octanol–water partition coefficient (Wildman–Crippen LogP) is 3.65. The lowest BCUT2D eigenvalue weighted by atomic mass is 10.1. The SMILES string of the molecule is CCCC(=O)Nc1ccc(C(=O)COC(=O)/C=C/c2ccc(C(=O)OC)cc2)cc1. The second-order valence-electron chi connectivity index (χ2n) is 6.35. The molecule has 0 aliphatic heterocycles. The quantitative estimate of drug-likeness (QED) is 0.386. The molecule has 0 aliphatic rings. The molecule has 0 radical (unpaired) electrons. The maximum atomic E-state index is 12.2. The van der Waals surface area contributed by atoms with Gasteiger partial charge >= 0.3 is 11.9 Å². The van der Waals surface area contributed by atoms with Crippen molar-refractivity contribution in [1.29, 1.82) is 0 Å². The molecule has 1 N–H and O–H groups in total. The summed E-state index contributed by atoms with van der Waals surface area (Å²) >= 11 is 0. The van der Waals surface area contributed by atoms with Gasteiger partial charge in [0.05, 0.1) is 12.7 Å². The number of esters is 2. The van der Waals surface area contributed by atoms with Crippen LogP contribution in [0, 0.1) is 0 Å². The van der Waals surface area contributed by atoms with E-state index >= 15 is 0 Å². The number of carbonyl (C=O) groups excluding carboxylic acids is 4. The van der Waals surface area contributed by atoms with E-state index < -0.39 is 18.5 Å². The molecule has 0 saturated carbocycles. The number of hydrogen-bond acceptors (Lipinski definition) is 6. The van der Waals surface area contributed by atoms with E-state index in [1.807, 2.05) is 6.92 Å².